The Bertz CT molecular complexity index is 1200. The van der Waals surface area contributed by atoms with Gasteiger partial charge in [0.05, 0.1) is 20.5 Å². The molecular weight excluding hydrogens is 455 g/mol. The lowest BCUT2D eigenvalue weighted by molar-refractivity contribution is 0.0756. The van der Waals surface area contributed by atoms with Crippen LogP contribution in [0.1, 0.15) is 38.1 Å². The van der Waals surface area contributed by atoms with E-state index in [0.717, 1.165) is 17.2 Å². The molecule has 9 heteroatoms. The van der Waals surface area contributed by atoms with Gasteiger partial charge in [0, 0.05) is 13.1 Å². The summed E-state index contributed by atoms with van der Waals surface area (Å²) in [5.74, 6) is 0.242. The zero-order valence-electron chi connectivity index (χ0n) is 17.4. The fourth-order valence-corrected chi connectivity index (χ4v) is 4.63. The highest BCUT2D eigenvalue weighted by Gasteiger charge is 2.22. The Morgan fingerprint density at radius 1 is 1.16 bits per heavy atom. The summed E-state index contributed by atoms with van der Waals surface area (Å²) in [6, 6.07) is 10.9. The van der Waals surface area contributed by atoms with E-state index in [1.54, 1.807) is 11.0 Å². The van der Waals surface area contributed by atoms with Crippen molar-refractivity contribution >= 4 is 39.8 Å². The van der Waals surface area contributed by atoms with E-state index in [4.69, 9.17) is 21.1 Å². The summed E-state index contributed by atoms with van der Waals surface area (Å²) in [5, 5.41) is 3.27. The van der Waals surface area contributed by atoms with Crippen LogP contribution in [-0.4, -0.2) is 30.1 Å². The van der Waals surface area contributed by atoms with Crippen LogP contribution in [-0.2, 0) is 6.54 Å². The van der Waals surface area contributed by atoms with Crippen LogP contribution in [0.2, 0.25) is 5.02 Å². The molecule has 0 atom stereocenters. The maximum absolute atomic E-state index is 13.2. The minimum Gasteiger partial charge on any atom is -0.454 e. The zero-order valence-corrected chi connectivity index (χ0v) is 19.0. The number of carbonyl (C=O) groups is 2. The van der Waals surface area contributed by atoms with Gasteiger partial charge in [-0.2, -0.15) is 0 Å². The maximum Gasteiger partial charge on any atom is 0.264 e. The summed E-state index contributed by atoms with van der Waals surface area (Å²) in [6.07, 6.45) is 0. The zero-order chi connectivity index (χ0) is 22.8. The molecule has 2 aromatic carbocycles. The highest BCUT2D eigenvalue weighted by Crippen LogP contribution is 2.33. The van der Waals surface area contributed by atoms with Crippen LogP contribution in [0, 0.1) is 12.7 Å². The lowest BCUT2D eigenvalue weighted by Gasteiger charge is -2.21. The SMILES string of the molecule is CCN(Cc1ccc2c(c1)OCO2)C(=O)c1sc(NC(=O)c2ccc(F)cc2Cl)cc1C. The minimum atomic E-state index is -0.520. The summed E-state index contributed by atoms with van der Waals surface area (Å²) in [6.45, 7) is 4.85. The Labute approximate surface area is 193 Å². The predicted molar refractivity (Wildman–Crippen MR) is 121 cm³/mol. The Morgan fingerprint density at radius 2 is 1.94 bits per heavy atom. The Balaban J connectivity index is 1.49. The van der Waals surface area contributed by atoms with Gasteiger partial charge in [-0.25, -0.2) is 4.39 Å². The lowest BCUT2D eigenvalue weighted by Crippen LogP contribution is -2.30. The van der Waals surface area contributed by atoms with Crippen LogP contribution in [0.15, 0.2) is 42.5 Å². The van der Waals surface area contributed by atoms with Crippen LogP contribution in [0.4, 0.5) is 9.39 Å². The van der Waals surface area contributed by atoms with E-state index in [9.17, 15) is 14.0 Å². The summed E-state index contributed by atoms with van der Waals surface area (Å²) in [4.78, 5) is 28.0. The first-order chi connectivity index (χ1) is 15.4. The molecule has 32 heavy (non-hydrogen) atoms. The highest BCUT2D eigenvalue weighted by atomic mass is 35.5. The highest BCUT2D eigenvalue weighted by molar-refractivity contribution is 7.18. The van der Waals surface area contributed by atoms with E-state index in [-0.39, 0.29) is 23.3 Å². The van der Waals surface area contributed by atoms with Gasteiger partial charge >= 0.3 is 0 Å². The fraction of sp³-hybridized carbons (Fsp3) is 0.217. The van der Waals surface area contributed by atoms with Crippen LogP contribution >= 0.6 is 22.9 Å². The average Bonchev–Trinajstić information content (AvgIpc) is 3.37. The number of aryl methyl sites for hydroxylation is 1. The standard InChI is InChI=1S/C23H20ClFN2O4S/c1-3-27(11-14-4-7-18-19(9-14)31-12-30-18)23(29)21-13(2)8-20(32-21)26-22(28)16-6-5-15(25)10-17(16)24/h4-10H,3,11-12H2,1-2H3,(H,26,28). The first-order valence-corrected chi connectivity index (χ1v) is 11.1. The molecular formula is C23H20ClFN2O4S. The first-order valence-electron chi connectivity index (χ1n) is 9.90. The van der Waals surface area contributed by atoms with Gasteiger partial charge < -0.3 is 19.7 Å². The molecule has 0 bridgehead atoms. The smallest absolute Gasteiger partial charge is 0.264 e. The van der Waals surface area contributed by atoms with Gasteiger partial charge in [0.25, 0.3) is 11.8 Å². The normalized spacial score (nSPS) is 12.0. The van der Waals surface area contributed by atoms with E-state index >= 15 is 0 Å². The summed E-state index contributed by atoms with van der Waals surface area (Å²) >= 11 is 7.16. The summed E-state index contributed by atoms with van der Waals surface area (Å²) in [5.41, 5.74) is 1.84. The quantitative estimate of drug-likeness (QED) is 0.512. The van der Waals surface area contributed by atoms with Gasteiger partial charge in [0.1, 0.15) is 5.82 Å². The van der Waals surface area contributed by atoms with Crippen LogP contribution in [0.25, 0.3) is 0 Å². The van der Waals surface area contributed by atoms with E-state index in [1.165, 1.54) is 23.5 Å². The largest absolute Gasteiger partial charge is 0.454 e. The number of halogens is 2. The summed E-state index contributed by atoms with van der Waals surface area (Å²) < 4.78 is 24.0. The number of hydrogen-bond acceptors (Lipinski definition) is 5. The van der Waals surface area contributed by atoms with Gasteiger partial charge in [-0.3, -0.25) is 9.59 Å². The molecule has 0 spiro atoms. The molecule has 0 unspecified atom stereocenters. The molecule has 3 aromatic rings. The monoisotopic (exact) mass is 474 g/mol. The second kappa shape index (κ2) is 9.18. The average molecular weight is 475 g/mol. The Hall–Kier alpha value is -3.10. The number of carbonyl (C=O) groups excluding carboxylic acids is 2. The van der Waals surface area contributed by atoms with Crippen LogP contribution < -0.4 is 14.8 Å². The fourth-order valence-electron chi connectivity index (χ4n) is 3.34. The van der Waals surface area contributed by atoms with E-state index in [0.29, 0.717) is 34.5 Å². The number of benzene rings is 2. The van der Waals surface area contributed by atoms with Crippen molar-refractivity contribution in [3.05, 3.63) is 74.9 Å². The molecule has 0 saturated carbocycles. The van der Waals surface area contributed by atoms with Crippen molar-refractivity contribution in [2.24, 2.45) is 0 Å². The van der Waals surface area contributed by atoms with E-state index in [1.807, 2.05) is 32.0 Å². The van der Waals surface area contributed by atoms with Crippen molar-refractivity contribution in [1.29, 1.82) is 0 Å². The van der Waals surface area contributed by atoms with Crippen molar-refractivity contribution in [1.82, 2.24) is 4.90 Å². The molecule has 0 saturated heterocycles. The predicted octanol–water partition coefficient (Wildman–Crippen LogP) is 5.49. The minimum absolute atomic E-state index is 0.0213. The van der Waals surface area contributed by atoms with Crippen molar-refractivity contribution in [3.63, 3.8) is 0 Å². The number of thiophene rings is 1. The molecule has 2 heterocycles. The van der Waals surface area contributed by atoms with Crippen molar-refractivity contribution < 1.29 is 23.5 Å². The lowest BCUT2D eigenvalue weighted by atomic mass is 10.1. The molecule has 0 radical (unpaired) electrons. The van der Waals surface area contributed by atoms with Crippen molar-refractivity contribution in [3.8, 4) is 11.5 Å². The Kier molecular flexibility index (Phi) is 6.34. The molecule has 1 aliphatic rings. The molecule has 1 aliphatic heterocycles. The topological polar surface area (TPSA) is 67.9 Å². The first kappa shape index (κ1) is 22.1. The molecule has 2 amide bonds. The molecule has 1 aromatic heterocycles. The molecule has 0 aliphatic carbocycles. The number of hydrogen-bond donors (Lipinski definition) is 1. The van der Waals surface area contributed by atoms with Gasteiger partial charge in [-0.15, -0.1) is 11.3 Å². The molecule has 4 rings (SSSR count). The van der Waals surface area contributed by atoms with Crippen LogP contribution in [0.3, 0.4) is 0 Å². The van der Waals surface area contributed by atoms with Gasteiger partial charge in [-0.05, 0) is 61.4 Å². The molecule has 6 nitrogen and oxygen atoms in total. The molecule has 0 fully saturated rings. The molecule has 166 valence electrons. The number of amides is 2. The number of nitrogens with one attached hydrogen (secondary N) is 1. The third-order valence-electron chi connectivity index (χ3n) is 5.00. The Morgan fingerprint density at radius 3 is 2.69 bits per heavy atom. The van der Waals surface area contributed by atoms with Crippen molar-refractivity contribution in [2.75, 3.05) is 18.7 Å². The third-order valence-corrected chi connectivity index (χ3v) is 6.46. The maximum atomic E-state index is 13.2. The van der Waals surface area contributed by atoms with E-state index < -0.39 is 11.7 Å². The summed E-state index contributed by atoms with van der Waals surface area (Å²) in [7, 11) is 0. The number of fused-ring (bicyclic) bond motifs is 1. The number of nitrogens with zero attached hydrogens (tertiary/aromatic N) is 1. The van der Waals surface area contributed by atoms with Gasteiger partial charge in [0.15, 0.2) is 11.5 Å². The van der Waals surface area contributed by atoms with Crippen LogP contribution in [0.5, 0.6) is 11.5 Å². The molecule has 1 N–H and O–H groups in total. The third kappa shape index (κ3) is 4.56. The second-order valence-electron chi connectivity index (χ2n) is 7.21. The van der Waals surface area contributed by atoms with Gasteiger partial charge in [0.2, 0.25) is 6.79 Å². The van der Waals surface area contributed by atoms with Crippen molar-refractivity contribution in [2.45, 2.75) is 20.4 Å². The number of anilines is 1. The second-order valence-corrected chi connectivity index (χ2v) is 8.67. The van der Waals surface area contributed by atoms with E-state index in [2.05, 4.69) is 5.32 Å². The number of rotatable bonds is 6. The number of ether oxygens (including phenoxy) is 2. The van der Waals surface area contributed by atoms with Gasteiger partial charge in [-0.1, -0.05) is 17.7 Å².